The van der Waals surface area contributed by atoms with Crippen molar-refractivity contribution in [3.63, 3.8) is 0 Å². The predicted octanol–water partition coefficient (Wildman–Crippen LogP) is 1.58. The van der Waals surface area contributed by atoms with Gasteiger partial charge in [0.2, 0.25) is 0 Å². The van der Waals surface area contributed by atoms with Crippen LogP contribution in [0.4, 0.5) is 5.82 Å². The largest absolute Gasteiger partial charge is 0.478 e. The van der Waals surface area contributed by atoms with Crippen LogP contribution >= 0.6 is 0 Å². The Bertz CT molecular complexity index is 404. The van der Waals surface area contributed by atoms with Crippen LogP contribution in [0.15, 0.2) is 24.4 Å². The molecular weight excluding hydrogens is 206 g/mol. The number of nitrogens with zero attached hydrogens (tertiary/aromatic N) is 3. The summed E-state index contributed by atoms with van der Waals surface area (Å²) in [7, 11) is 0. The van der Waals surface area contributed by atoms with Crippen LogP contribution in [0.5, 0.6) is 0 Å². The number of carbonyl (C=O) groups is 1. The molecule has 0 aromatic carbocycles. The Kier molecular flexibility index (Phi) is 3.99. The van der Waals surface area contributed by atoms with Crippen molar-refractivity contribution in [3.8, 4) is 0 Å². The second kappa shape index (κ2) is 5.25. The van der Waals surface area contributed by atoms with Crippen LogP contribution in [0.3, 0.4) is 0 Å². The summed E-state index contributed by atoms with van der Waals surface area (Å²) in [5.41, 5.74) is 1.11. The van der Waals surface area contributed by atoms with Gasteiger partial charge in [-0.25, -0.2) is 4.79 Å². The maximum Gasteiger partial charge on any atom is 0.339 e. The summed E-state index contributed by atoms with van der Waals surface area (Å²) in [6, 6.07) is 1.45. The molecule has 86 valence electrons. The third-order valence-corrected chi connectivity index (χ3v) is 2.07. The Morgan fingerprint density at radius 1 is 1.62 bits per heavy atom. The zero-order valence-corrected chi connectivity index (χ0v) is 9.47. The SMILES string of the molecule is C=C(C)CN(CC)c1nnccc1C(=O)O. The van der Waals surface area contributed by atoms with Gasteiger partial charge in [-0.2, -0.15) is 5.10 Å². The van der Waals surface area contributed by atoms with Crippen molar-refractivity contribution in [2.45, 2.75) is 13.8 Å². The van der Waals surface area contributed by atoms with Crippen LogP contribution in [0, 0.1) is 0 Å². The maximum absolute atomic E-state index is 11.0. The van der Waals surface area contributed by atoms with E-state index < -0.39 is 5.97 Å². The molecule has 0 saturated heterocycles. The lowest BCUT2D eigenvalue weighted by Crippen LogP contribution is -2.27. The first-order valence-electron chi connectivity index (χ1n) is 5.00. The van der Waals surface area contributed by atoms with Gasteiger partial charge in [-0.1, -0.05) is 12.2 Å². The molecule has 5 nitrogen and oxygen atoms in total. The molecule has 0 saturated carbocycles. The molecule has 0 atom stereocenters. The summed E-state index contributed by atoms with van der Waals surface area (Å²) in [6.45, 7) is 8.87. The third kappa shape index (κ3) is 2.79. The van der Waals surface area contributed by atoms with Gasteiger partial charge in [-0.3, -0.25) is 0 Å². The Morgan fingerprint density at radius 2 is 2.31 bits per heavy atom. The van der Waals surface area contributed by atoms with E-state index in [-0.39, 0.29) is 5.56 Å². The Balaban J connectivity index is 3.08. The van der Waals surface area contributed by atoms with Crippen molar-refractivity contribution in [2.24, 2.45) is 0 Å². The smallest absolute Gasteiger partial charge is 0.339 e. The normalized spacial score (nSPS) is 9.88. The van der Waals surface area contributed by atoms with Gasteiger partial charge < -0.3 is 10.0 Å². The van der Waals surface area contributed by atoms with Crippen molar-refractivity contribution in [3.05, 3.63) is 30.0 Å². The van der Waals surface area contributed by atoms with Gasteiger partial charge in [0, 0.05) is 13.1 Å². The second-order valence-electron chi connectivity index (χ2n) is 3.54. The number of carboxylic acid groups (broad SMARTS) is 1. The first-order chi connectivity index (χ1) is 7.56. The third-order valence-electron chi connectivity index (χ3n) is 2.07. The van der Waals surface area contributed by atoms with E-state index in [1.165, 1.54) is 12.3 Å². The maximum atomic E-state index is 11.0. The van der Waals surface area contributed by atoms with Gasteiger partial charge in [0.1, 0.15) is 5.56 Å². The summed E-state index contributed by atoms with van der Waals surface area (Å²) in [5, 5.41) is 16.6. The van der Waals surface area contributed by atoms with E-state index in [0.717, 1.165) is 5.57 Å². The minimum atomic E-state index is -0.995. The lowest BCUT2D eigenvalue weighted by Gasteiger charge is -2.22. The van der Waals surface area contributed by atoms with E-state index in [9.17, 15) is 4.79 Å². The highest BCUT2D eigenvalue weighted by molar-refractivity contribution is 5.93. The molecule has 1 heterocycles. The van der Waals surface area contributed by atoms with Crippen molar-refractivity contribution in [1.82, 2.24) is 10.2 Å². The molecule has 0 spiro atoms. The number of anilines is 1. The fourth-order valence-corrected chi connectivity index (χ4v) is 1.39. The van der Waals surface area contributed by atoms with Crippen LogP contribution in [0.25, 0.3) is 0 Å². The van der Waals surface area contributed by atoms with Gasteiger partial charge in [0.15, 0.2) is 5.82 Å². The second-order valence-corrected chi connectivity index (χ2v) is 3.54. The van der Waals surface area contributed by atoms with E-state index >= 15 is 0 Å². The summed E-state index contributed by atoms with van der Waals surface area (Å²) < 4.78 is 0. The van der Waals surface area contributed by atoms with Gasteiger partial charge in [0.05, 0.1) is 6.20 Å². The van der Waals surface area contributed by atoms with Crippen molar-refractivity contribution >= 4 is 11.8 Å². The van der Waals surface area contributed by atoms with Crippen LogP contribution in [-0.4, -0.2) is 34.4 Å². The van der Waals surface area contributed by atoms with E-state index in [1.807, 2.05) is 18.7 Å². The minimum absolute atomic E-state index is 0.165. The zero-order valence-electron chi connectivity index (χ0n) is 9.47. The number of rotatable bonds is 5. The van der Waals surface area contributed by atoms with E-state index in [4.69, 9.17) is 5.11 Å². The molecule has 0 bridgehead atoms. The summed E-state index contributed by atoms with van der Waals surface area (Å²) in [6.07, 6.45) is 1.38. The van der Waals surface area contributed by atoms with Crippen LogP contribution in [0.2, 0.25) is 0 Å². The van der Waals surface area contributed by atoms with Gasteiger partial charge >= 0.3 is 5.97 Å². The van der Waals surface area contributed by atoms with Gasteiger partial charge in [-0.15, -0.1) is 5.10 Å². The summed E-state index contributed by atoms with van der Waals surface area (Å²) >= 11 is 0. The number of aromatic nitrogens is 2. The van der Waals surface area contributed by atoms with Crippen LogP contribution in [-0.2, 0) is 0 Å². The van der Waals surface area contributed by atoms with Crippen molar-refractivity contribution in [1.29, 1.82) is 0 Å². The molecule has 16 heavy (non-hydrogen) atoms. The Labute approximate surface area is 94.4 Å². The fraction of sp³-hybridized carbons (Fsp3) is 0.364. The molecule has 1 rings (SSSR count). The standard InChI is InChI=1S/C11H15N3O2/c1-4-14(7-8(2)3)10-9(11(15)16)5-6-12-13-10/h5-6H,2,4,7H2,1,3H3,(H,15,16). The highest BCUT2D eigenvalue weighted by atomic mass is 16.4. The minimum Gasteiger partial charge on any atom is -0.478 e. The topological polar surface area (TPSA) is 66.3 Å². The number of likely N-dealkylation sites (N-methyl/N-ethyl adjacent to an activating group) is 1. The molecule has 0 unspecified atom stereocenters. The van der Waals surface area contributed by atoms with Gasteiger partial charge in [0.25, 0.3) is 0 Å². The predicted molar refractivity (Wildman–Crippen MR) is 61.7 cm³/mol. The summed E-state index contributed by atoms with van der Waals surface area (Å²) in [5.74, 6) is -0.606. The molecule has 0 aliphatic heterocycles. The molecule has 0 fully saturated rings. The lowest BCUT2D eigenvalue weighted by atomic mass is 10.2. The molecule has 0 aliphatic rings. The molecule has 0 aliphatic carbocycles. The molecule has 1 aromatic heterocycles. The number of aromatic carboxylic acids is 1. The Hall–Kier alpha value is -1.91. The summed E-state index contributed by atoms with van der Waals surface area (Å²) in [4.78, 5) is 12.8. The number of carboxylic acids is 1. The van der Waals surface area contributed by atoms with E-state index in [0.29, 0.717) is 18.9 Å². The van der Waals surface area contributed by atoms with E-state index in [2.05, 4.69) is 16.8 Å². The molecule has 0 radical (unpaired) electrons. The average molecular weight is 221 g/mol. The van der Waals surface area contributed by atoms with E-state index in [1.54, 1.807) is 0 Å². The lowest BCUT2D eigenvalue weighted by molar-refractivity contribution is 0.0697. The highest BCUT2D eigenvalue weighted by Crippen LogP contribution is 2.16. The Morgan fingerprint density at radius 3 is 2.81 bits per heavy atom. The zero-order chi connectivity index (χ0) is 12.1. The molecular formula is C11H15N3O2. The fourth-order valence-electron chi connectivity index (χ4n) is 1.39. The number of hydrogen-bond acceptors (Lipinski definition) is 4. The average Bonchev–Trinajstić information content (AvgIpc) is 2.25. The molecule has 0 amide bonds. The first-order valence-corrected chi connectivity index (χ1v) is 5.00. The number of hydrogen-bond donors (Lipinski definition) is 1. The van der Waals surface area contributed by atoms with Crippen molar-refractivity contribution in [2.75, 3.05) is 18.0 Å². The van der Waals surface area contributed by atoms with Crippen LogP contribution in [0.1, 0.15) is 24.2 Å². The van der Waals surface area contributed by atoms with Crippen molar-refractivity contribution < 1.29 is 9.90 Å². The van der Waals surface area contributed by atoms with Crippen LogP contribution < -0.4 is 4.90 Å². The molecule has 5 heteroatoms. The van der Waals surface area contributed by atoms with Gasteiger partial charge in [-0.05, 0) is 19.9 Å². The first kappa shape index (κ1) is 12.2. The quantitative estimate of drug-likeness (QED) is 0.764. The molecule has 1 N–H and O–H groups in total. The highest BCUT2D eigenvalue weighted by Gasteiger charge is 2.16. The molecule has 1 aromatic rings. The monoisotopic (exact) mass is 221 g/mol.